The van der Waals surface area contributed by atoms with E-state index in [1.165, 1.54) is 39.9 Å². The minimum Gasteiger partial charge on any atom is -0.465 e. The molecular formula is C25H29N3O5S2. The molecular weight excluding hydrogens is 486 g/mol. The number of aromatic nitrogens is 1. The maximum Gasteiger partial charge on any atom is 0.326 e. The van der Waals surface area contributed by atoms with Gasteiger partial charge in [-0.25, -0.2) is 8.42 Å². The number of thiazole rings is 1. The first-order valence-corrected chi connectivity index (χ1v) is 13.9. The predicted molar refractivity (Wildman–Crippen MR) is 135 cm³/mol. The van der Waals surface area contributed by atoms with Crippen LogP contribution in [0.4, 0.5) is 0 Å². The zero-order chi connectivity index (χ0) is 25.2. The summed E-state index contributed by atoms with van der Waals surface area (Å²) in [6.45, 7) is 6.34. The molecule has 2 heterocycles. The van der Waals surface area contributed by atoms with Crippen LogP contribution in [0.3, 0.4) is 0 Å². The number of amides is 1. The monoisotopic (exact) mass is 515 g/mol. The molecule has 0 N–H and O–H groups in total. The summed E-state index contributed by atoms with van der Waals surface area (Å²) in [5.41, 5.74) is 2.11. The quantitative estimate of drug-likeness (QED) is 0.464. The van der Waals surface area contributed by atoms with E-state index >= 15 is 0 Å². The van der Waals surface area contributed by atoms with E-state index in [1.54, 1.807) is 11.5 Å². The molecule has 0 radical (unpaired) electrons. The van der Waals surface area contributed by atoms with Crippen molar-refractivity contribution in [2.75, 3.05) is 13.2 Å². The van der Waals surface area contributed by atoms with E-state index in [0.29, 0.717) is 11.3 Å². The van der Waals surface area contributed by atoms with Crippen LogP contribution in [0.2, 0.25) is 0 Å². The summed E-state index contributed by atoms with van der Waals surface area (Å²) < 4.78 is 35.3. The maximum absolute atomic E-state index is 13.1. The highest BCUT2D eigenvalue weighted by Gasteiger charge is 2.31. The molecule has 8 nitrogen and oxygen atoms in total. The lowest BCUT2D eigenvalue weighted by Gasteiger charge is -2.32. The normalized spacial score (nSPS) is 17.6. The maximum atomic E-state index is 13.1. The number of nitrogens with zero attached hydrogens (tertiary/aromatic N) is 3. The molecule has 1 fully saturated rings. The van der Waals surface area contributed by atoms with Crippen LogP contribution in [0.15, 0.2) is 52.4 Å². The molecule has 3 aromatic rings. The average molecular weight is 516 g/mol. The molecule has 2 aromatic carbocycles. The largest absolute Gasteiger partial charge is 0.465 e. The van der Waals surface area contributed by atoms with Gasteiger partial charge < -0.3 is 9.30 Å². The van der Waals surface area contributed by atoms with Crippen LogP contribution in [-0.4, -0.2) is 48.4 Å². The number of hydrogen-bond acceptors (Lipinski definition) is 6. The number of hydrogen-bond donors (Lipinski definition) is 0. The fourth-order valence-corrected chi connectivity index (χ4v) is 7.06. The second-order valence-electron chi connectivity index (χ2n) is 8.65. The molecule has 35 heavy (non-hydrogen) atoms. The summed E-state index contributed by atoms with van der Waals surface area (Å²) >= 11 is 1.31. The summed E-state index contributed by atoms with van der Waals surface area (Å²) in [5, 5.41) is 0. The summed E-state index contributed by atoms with van der Waals surface area (Å²) in [5.74, 6) is -0.927. The Bertz CT molecular complexity index is 1420. The van der Waals surface area contributed by atoms with Gasteiger partial charge in [0, 0.05) is 18.2 Å². The smallest absolute Gasteiger partial charge is 0.326 e. The third-order valence-electron chi connectivity index (χ3n) is 6.08. The molecule has 1 amide bonds. The van der Waals surface area contributed by atoms with Crippen molar-refractivity contribution in [1.82, 2.24) is 8.87 Å². The highest BCUT2D eigenvalue weighted by atomic mass is 32.2. The van der Waals surface area contributed by atoms with Crippen molar-refractivity contribution in [1.29, 1.82) is 0 Å². The third kappa shape index (κ3) is 5.39. The number of esters is 1. The zero-order valence-corrected chi connectivity index (χ0v) is 21.7. The van der Waals surface area contributed by atoms with Crippen molar-refractivity contribution in [3.8, 4) is 0 Å². The van der Waals surface area contributed by atoms with Gasteiger partial charge in [0.15, 0.2) is 4.80 Å². The Morgan fingerprint density at radius 2 is 1.89 bits per heavy atom. The number of ether oxygens (including phenoxy) is 1. The lowest BCUT2D eigenvalue weighted by Crippen LogP contribution is -2.41. The number of carbonyl (C=O) groups is 2. The molecule has 0 bridgehead atoms. The van der Waals surface area contributed by atoms with Gasteiger partial charge in [-0.1, -0.05) is 23.8 Å². The molecule has 4 rings (SSSR count). The molecule has 0 unspecified atom stereocenters. The van der Waals surface area contributed by atoms with Crippen molar-refractivity contribution < 1.29 is 22.7 Å². The molecule has 1 saturated heterocycles. The van der Waals surface area contributed by atoms with Gasteiger partial charge in [0.1, 0.15) is 6.54 Å². The fourth-order valence-electron chi connectivity index (χ4n) is 4.24. The van der Waals surface area contributed by atoms with E-state index in [1.807, 2.05) is 32.0 Å². The Kier molecular flexibility index (Phi) is 7.53. The first kappa shape index (κ1) is 25.3. The van der Waals surface area contributed by atoms with E-state index in [4.69, 9.17) is 4.74 Å². The number of fused-ring (bicyclic) bond motifs is 1. The molecule has 186 valence electrons. The van der Waals surface area contributed by atoms with Crippen LogP contribution < -0.4 is 4.80 Å². The minimum atomic E-state index is -3.62. The Balaban J connectivity index is 1.66. The van der Waals surface area contributed by atoms with Crippen molar-refractivity contribution in [3.05, 3.63) is 58.4 Å². The SMILES string of the molecule is CCOC(=O)Cn1c(=NC(=O)c2ccc(S(=O)(=O)N3CCCC[C@@H]3C)cc2)sc2cc(C)ccc21. The molecule has 0 saturated carbocycles. The van der Waals surface area contributed by atoms with Crippen LogP contribution in [-0.2, 0) is 26.1 Å². The molecule has 1 aromatic heterocycles. The van der Waals surface area contributed by atoms with E-state index in [9.17, 15) is 18.0 Å². The van der Waals surface area contributed by atoms with Crippen LogP contribution in [0.5, 0.6) is 0 Å². The molecule has 1 aliphatic heterocycles. The molecule has 10 heteroatoms. The standard InChI is InChI=1S/C25H29N3O5S2/c1-4-33-23(29)16-27-21-13-8-17(2)15-22(21)34-25(27)26-24(30)19-9-11-20(12-10-19)35(31,32)28-14-6-5-7-18(28)3/h8-13,15,18H,4-7,14,16H2,1-3H3/t18-/m0/s1. The van der Waals surface area contributed by atoms with Gasteiger partial charge >= 0.3 is 5.97 Å². The Hall–Kier alpha value is -2.82. The number of sulfonamides is 1. The van der Waals surface area contributed by atoms with Crippen LogP contribution in [0, 0.1) is 6.92 Å². The first-order valence-electron chi connectivity index (χ1n) is 11.7. The highest BCUT2D eigenvalue weighted by Crippen LogP contribution is 2.25. The van der Waals surface area contributed by atoms with Crippen LogP contribution >= 0.6 is 11.3 Å². The summed E-state index contributed by atoms with van der Waals surface area (Å²) in [4.78, 5) is 30.0. The van der Waals surface area contributed by atoms with Gasteiger partial charge in [0.05, 0.1) is 21.7 Å². The number of carbonyl (C=O) groups excluding carboxylic acids is 2. The first-order chi connectivity index (χ1) is 16.7. The summed E-state index contributed by atoms with van der Waals surface area (Å²) in [7, 11) is -3.62. The molecule has 1 atom stereocenters. The predicted octanol–water partition coefficient (Wildman–Crippen LogP) is 3.88. The average Bonchev–Trinajstić information content (AvgIpc) is 3.15. The van der Waals surface area contributed by atoms with Gasteiger partial charge in [-0.05, 0) is 75.6 Å². The van der Waals surface area contributed by atoms with Crippen LogP contribution in [0.25, 0.3) is 10.2 Å². The summed E-state index contributed by atoms with van der Waals surface area (Å²) in [6.07, 6.45) is 2.71. The zero-order valence-electron chi connectivity index (χ0n) is 20.1. The van der Waals surface area contributed by atoms with Gasteiger partial charge in [-0.2, -0.15) is 9.30 Å². The van der Waals surface area contributed by atoms with E-state index < -0.39 is 21.9 Å². The van der Waals surface area contributed by atoms with Gasteiger partial charge in [0.2, 0.25) is 10.0 Å². The second-order valence-corrected chi connectivity index (χ2v) is 11.5. The van der Waals surface area contributed by atoms with Crippen molar-refractivity contribution in [3.63, 3.8) is 0 Å². The second kappa shape index (κ2) is 10.4. The Morgan fingerprint density at radius 3 is 2.57 bits per heavy atom. The minimum absolute atomic E-state index is 0.0449. The van der Waals surface area contributed by atoms with Gasteiger partial charge in [0.25, 0.3) is 5.91 Å². The number of rotatable bonds is 6. The van der Waals surface area contributed by atoms with Crippen LogP contribution in [0.1, 0.15) is 49.0 Å². The number of piperidine rings is 1. The van der Waals surface area contributed by atoms with Crippen molar-refractivity contribution >= 4 is 43.5 Å². The van der Waals surface area contributed by atoms with E-state index in [-0.39, 0.29) is 29.7 Å². The number of aryl methyl sites for hydroxylation is 1. The topological polar surface area (TPSA) is 98.0 Å². The fraction of sp³-hybridized carbons (Fsp3) is 0.400. The molecule has 1 aliphatic rings. The van der Waals surface area contributed by atoms with Gasteiger partial charge in [-0.3, -0.25) is 9.59 Å². The lowest BCUT2D eigenvalue weighted by atomic mass is 10.1. The van der Waals surface area contributed by atoms with Crippen molar-refractivity contribution in [2.45, 2.75) is 57.5 Å². The highest BCUT2D eigenvalue weighted by molar-refractivity contribution is 7.89. The Labute approximate surface area is 208 Å². The third-order valence-corrected chi connectivity index (χ3v) is 9.15. The lowest BCUT2D eigenvalue weighted by molar-refractivity contribution is -0.143. The van der Waals surface area contributed by atoms with Crippen molar-refractivity contribution in [2.24, 2.45) is 4.99 Å². The molecule has 0 spiro atoms. The van der Waals surface area contributed by atoms with E-state index in [2.05, 4.69) is 4.99 Å². The number of benzene rings is 2. The van der Waals surface area contributed by atoms with Gasteiger partial charge in [-0.15, -0.1) is 0 Å². The molecule has 0 aliphatic carbocycles. The van der Waals surface area contributed by atoms with E-state index in [0.717, 1.165) is 35.0 Å². The Morgan fingerprint density at radius 1 is 1.14 bits per heavy atom. The summed E-state index contributed by atoms with van der Waals surface area (Å²) in [6, 6.07) is 11.7.